The first-order valence-corrected chi connectivity index (χ1v) is 17.2. The van der Waals surface area contributed by atoms with E-state index in [4.69, 9.17) is 18.8 Å². The average Bonchev–Trinajstić information content (AvgIpc) is 3.29. The van der Waals surface area contributed by atoms with Crippen LogP contribution in [0, 0.1) is 0 Å². The molecular formula is C30H55N3O8P+. The first-order valence-electron chi connectivity index (χ1n) is 16.1. The Balaban J connectivity index is 1.97. The van der Waals surface area contributed by atoms with Crippen molar-refractivity contribution in [2.45, 2.75) is 141 Å². The lowest BCUT2D eigenvalue weighted by atomic mass is 10.1. The molecule has 12 heteroatoms. The van der Waals surface area contributed by atoms with Gasteiger partial charge < -0.3 is 9.47 Å². The van der Waals surface area contributed by atoms with Crippen LogP contribution in [-0.2, 0) is 23.4 Å². The average molecular weight is 617 g/mol. The molecule has 1 saturated heterocycles. The molecule has 0 bridgehead atoms. The zero-order valence-corrected chi connectivity index (χ0v) is 26.9. The number of aromatic nitrogens is 2. The first kappa shape index (κ1) is 36.7. The summed E-state index contributed by atoms with van der Waals surface area (Å²) in [7, 11) is -1.55. The number of H-pyrrole nitrogens is 1. The van der Waals surface area contributed by atoms with Crippen LogP contribution in [0.5, 0.6) is 0 Å². The molecule has 0 aliphatic carbocycles. The molecule has 1 aliphatic heterocycles. The van der Waals surface area contributed by atoms with Crippen LogP contribution in [0.2, 0.25) is 0 Å². The number of hydroxylamine groups is 2. The third kappa shape index (κ3) is 13.9. The van der Waals surface area contributed by atoms with Crippen LogP contribution in [0.1, 0.15) is 123 Å². The number of aromatic amines is 1. The van der Waals surface area contributed by atoms with Gasteiger partial charge in [-0.25, -0.2) is 4.79 Å². The van der Waals surface area contributed by atoms with Crippen LogP contribution < -0.4 is 11.2 Å². The number of rotatable bonds is 25. The maximum atomic E-state index is 12.5. The standard InChI is InChI=1S/C30H54N3O8P/c1-4-6-8-10-12-14-16-18-21-32(22-19-17-15-13-11-9-7-5-2)39-24-25-27(41-42(36)37)28(38-3)29(40-25)33-23-20-26(34)31-30(33)35/h20,23,25,27-29H,4-19,21-22,24H2,1-3H3,(H-,31,34,35,36,37)/p+1/t25-,27?,28+,29-/m1/s1. The van der Waals surface area contributed by atoms with Crippen LogP contribution in [0.4, 0.5) is 0 Å². The second-order valence-corrected chi connectivity index (χ2v) is 12.0. The van der Waals surface area contributed by atoms with Crippen molar-refractivity contribution in [3.63, 3.8) is 0 Å². The van der Waals surface area contributed by atoms with E-state index in [9.17, 15) is 19.0 Å². The van der Waals surface area contributed by atoms with Gasteiger partial charge in [0.05, 0.1) is 6.61 Å². The second-order valence-electron chi connectivity index (χ2n) is 11.3. The number of nitrogens with zero attached hydrogens (tertiary/aromatic N) is 2. The van der Waals surface area contributed by atoms with Gasteiger partial charge in [0, 0.05) is 37.0 Å². The lowest BCUT2D eigenvalue weighted by Crippen LogP contribution is -2.40. The summed E-state index contributed by atoms with van der Waals surface area (Å²) in [5.74, 6) is 0. The zero-order valence-electron chi connectivity index (χ0n) is 26.0. The molecule has 0 amide bonds. The third-order valence-corrected chi connectivity index (χ3v) is 8.26. The number of hydrogen-bond donors (Lipinski definition) is 2. The van der Waals surface area contributed by atoms with Crippen molar-refractivity contribution in [3.05, 3.63) is 33.1 Å². The number of nitrogens with one attached hydrogen (secondary N) is 1. The fourth-order valence-electron chi connectivity index (χ4n) is 5.44. The second kappa shape index (κ2) is 22.1. The summed E-state index contributed by atoms with van der Waals surface area (Å²) in [6.07, 6.45) is 17.3. The van der Waals surface area contributed by atoms with Gasteiger partial charge in [-0.2, -0.15) is 5.06 Å². The van der Waals surface area contributed by atoms with Crippen LogP contribution in [0.15, 0.2) is 21.9 Å². The summed E-state index contributed by atoms with van der Waals surface area (Å²) >= 11 is 0. The number of ether oxygens (including phenoxy) is 2. The van der Waals surface area contributed by atoms with E-state index in [1.807, 2.05) is 5.06 Å². The van der Waals surface area contributed by atoms with Crippen molar-refractivity contribution in [3.8, 4) is 0 Å². The molecule has 1 aromatic heterocycles. The highest BCUT2D eigenvalue weighted by molar-refractivity contribution is 7.32. The van der Waals surface area contributed by atoms with Crippen LogP contribution >= 0.6 is 8.25 Å². The normalized spacial score (nSPS) is 20.9. The van der Waals surface area contributed by atoms with Gasteiger partial charge in [-0.1, -0.05) is 104 Å². The summed E-state index contributed by atoms with van der Waals surface area (Å²) in [6, 6.07) is 1.21. The molecule has 2 unspecified atom stereocenters. The molecule has 1 aliphatic rings. The number of unbranched alkanes of at least 4 members (excludes halogenated alkanes) is 14. The Kier molecular flexibility index (Phi) is 19.3. The molecule has 0 aromatic carbocycles. The number of methoxy groups -OCH3 is 1. The molecule has 11 nitrogen and oxygen atoms in total. The monoisotopic (exact) mass is 616 g/mol. The fourth-order valence-corrected chi connectivity index (χ4v) is 5.90. The molecule has 242 valence electrons. The third-order valence-electron chi connectivity index (χ3n) is 7.84. The smallest absolute Gasteiger partial charge is 0.374 e. The minimum absolute atomic E-state index is 0.0658. The summed E-state index contributed by atoms with van der Waals surface area (Å²) in [6.45, 7) is 6.10. The van der Waals surface area contributed by atoms with Crippen molar-refractivity contribution >= 4 is 8.25 Å². The zero-order chi connectivity index (χ0) is 30.6. The highest BCUT2D eigenvalue weighted by Gasteiger charge is 2.51. The van der Waals surface area contributed by atoms with E-state index in [2.05, 4.69) is 18.8 Å². The minimum Gasteiger partial charge on any atom is -0.374 e. The summed E-state index contributed by atoms with van der Waals surface area (Å²) in [5.41, 5.74) is -1.21. The highest BCUT2D eigenvalue weighted by Crippen LogP contribution is 2.37. The Labute approximate surface area is 252 Å². The van der Waals surface area contributed by atoms with Gasteiger partial charge in [0.15, 0.2) is 12.3 Å². The Morgan fingerprint density at radius 2 is 1.40 bits per heavy atom. The van der Waals surface area contributed by atoms with Crippen LogP contribution in [0.3, 0.4) is 0 Å². The maximum Gasteiger partial charge on any atom is 0.695 e. The molecule has 5 atom stereocenters. The molecule has 2 rings (SSSR count). The lowest BCUT2D eigenvalue weighted by Gasteiger charge is -2.24. The predicted octanol–water partition coefficient (Wildman–Crippen LogP) is 6.00. The van der Waals surface area contributed by atoms with Crippen LogP contribution in [-0.4, -0.2) is 64.6 Å². The maximum absolute atomic E-state index is 12.5. The van der Waals surface area contributed by atoms with Gasteiger partial charge in [-0.15, -0.1) is 9.42 Å². The molecule has 1 aromatic rings. The summed E-state index contributed by atoms with van der Waals surface area (Å²) in [5, 5.41) is 1.98. The molecular weight excluding hydrogens is 561 g/mol. The molecule has 1 fully saturated rings. The lowest BCUT2D eigenvalue weighted by molar-refractivity contribution is -0.193. The van der Waals surface area contributed by atoms with Gasteiger partial charge in [0.25, 0.3) is 5.56 Å². The van der Waals surface area contributed by atoms with Crippen molar-refractivity contribution in [1.29, 1.82) is 0 Å². The predicted molar refractivity (Wildman–Crippen MR) is 163 cm³/mol. The van der Waals surface area contributed by atoms with Gasteiger partial charge in [0.1, 0.15) is 12.2 Å². The van der Waals surface area contributed by atoms with Gasteiger partial charge >= 0.3 is 13.9 Å². The Morgan fingerprint density at radius 1 is 0.881 bits per heavy atom. The van der Waals surface area contributed by atoms with Crippen molar-refractivity contribution in [1.82, 2.24) is 14.6 Å². The van der Waals surface area contributed by atoms with Crippen molar-refractivity contribution in [2.24, 2.45) is 0 Å². The van der Waals surface area contributed by atoms with E-state index < -0.39 is 44.0 Å². The van der Waals surface area contributed by atoms with E-state index in [0.717, 1.165) is 38.8 Å². The van der Waals surface area contributed by atoms with E-state index >= 15 is 0 Å². The Morgan fingerprint density at radius 3 is 1.88 bits per heavy atom. The molecule has 2 heterocycles. The van der Waals surface area contributed by atoms with Gasteiger partial charge in [-0.3, -0.25) is 19.2 Å². The van der Waals surface area contributed by atoms with E-state index in [0.29, 0.717) is 0 Å². The van der Waals surface area contributed by atoms with E-state index in [1.165, 1.54) is 101 Å². The van der Waals surface area contributed by atoms with Crippen LogP contribution in [0.25, 0.3) is 0 Å². The Hall–Kier alpha value is -1.46. The summed E-state index contributed by atoms with van der Waals surface area (Å²) in [4.78, 5) is 42.0. The topological polar surface area (TPSA) is 132 Å². The molecule has 42 heavy (non-hydrogen) atoms. The molecule has 0 spiro atoms. The Bertz CT molecular complexity index is 954. The van der Waals surface area contributed by atoms with Gasteiger partial charge in [0.2, 0.25) is 0 Å². The SMILES string of the molecule is CCCCCCCCCCN(CCCCCCCCCC)OC[C@H]1O[C@@H](n2ccc(=O)[nH]c2=O)[C@@H](OC)C1O[P+](=O)O. The summed E-state index contributed by atoms with van der Waals surface area (Å²) < 4.78 is 29.8. The molecule has 2 N–H and O–H groups in total. The molecule has 0 radical (unpaired) electrons. The largest absolute Gasteiger partial charge is 0.695 e. The van der Waals surface area contributed by atoms with E-state index in [1.54, 1.807) is 0 Å². The van der Waals surface area contributed by atoms with Crippen molar-refractivity contribution in [2.75, 3.05) is 26.8 Å². The quantitative estimate of drug-likeness (QED) is 0.0771. The van der Waals surface area contributed by atoms with Crippen molar-refractivity contribution < 1.29 is 28.3 Å². The number of hydrogen-bond acceptors (Lipinski definition) is 8. The molecule has 0 saturated carbocycles. The van der Waals surface area contributed by atoms with Gasteiger partial charge in [-0.05, 0) is 12.8 Å². The minimum atomic E-state index is -2.96. The van der Waals surface area contributed by atoms with E-state index in [-0.39, 0.29) is 6.61 Å². The first-order chi connectivity index (χ1) is 20.4. The highest BCUT2D eigenvalue weighted by atomic mass is 31.1. The fraction of sp³-hybridized carbons (Fsp3) is 0.867.